The van der Waals surface area contributed by atoms with E-state index in [0.29, 0.717) is 39.5 Å². The van der Waals surface area contributed by atoms with Gasteiger partial charge in [0.15, 0.2) is 0 Å². The van der Waals surface area contributed by atoms with E-state index in [1.165, 1.54) is 5.57 Å². The summed E-state index contributed by atoms with van der Waals surface area (Å²) in [6.45, 7) is 7.02. The van der Waals surface area contributed by atoms with Gasteiger partial charge in [0.1, 0.15) is 11.5 Å². The minimum Gasteiger partial charge on any atom is -0.496 e. The normalized spacial score (nSPS) is 18.4. The molecule has 45 heavy (non-hydrogen) atoms. The molecule has 1 saturated heterocycles. The van der Waals surface area contributed by atoms with Gasteiger partial charge < -0.3 is 29.3 Å². The van der Waals surface area contributed by atoms with Crippen molar-refractivity contribution >= 4 is 17.4 Å². The van der Waals surface area contributed by atoms with E-state index >= 15 is 0 Å². The number of hydrogen-bond acceptors (Lipinski definition) is 6. The van der Waals surface area contributed by atoms with Crippen molar-refractivity contribution in [1.29, 1.82) is 0 Å². The van der Waals surface area contributed by atoms with Gasteiger partial charge in [-0.2, -0.15) is 0 Å². The minimum absolute atomic E-state index is 0.00883. The Balaban J connectivity index is 1.24. The molecule has 0 radical (unpaired) electrons. The molecule has 3 aromatic rings. The van der Waals surface area contributed by atoms with E-state index < -0.39 is 0 Å². The molecule has 8 nitrogen and oxygen atoms in total. The third-order valence-corrected chi connectivity index (χ3v) is 8.79. The maximum atomic E-state index is 13.5. The van der Waals surface area contributed by atoms with Gasteiger partial charge in [-0.15, -0.1) is 0 Å². The topological polar surface area (TPSA) is 80.3 Å². The highest BCUT2D eigenvalue weighted by Gasteiger charge is 2.37. The number of carbonyl (C=O) groups excluding carboxylic acids is 2. The third-order valence-electron chi connectivity index (χ3n) is 8.79. The maximum Gasteiger partial charge on any atom is 0.229 e. The second-order valence-corrected chi connectivity index (χ2v) is 12.0. The first kappa shape index (κ1) is 32.3. The highest BCUT2D eigenvalue weighted by Crippen LogP contribution is 2.34. The Hall–Kier alpha value is -4.14. The number of methoxy groups -OCH3 is 1. The molecule has 2 heterocycles. The van der Waals surface area contributed by atoms with Gasteiger partial charge in [-0.05, 0) is 53.8 Å². The molecule has 0 aliphatic carbocycles. The van der Waals surface area contributed by atoms with E-state index in [2.05, 4.69) is 17.4 Å². The smallest absolute Gasteiger partial charge is 0.229 e. The van der Waals surface area contributed by atoms with Crippen molar-refractivity contribution in [3.63, 3.8) is 0 Å². The Kier molecular flexibility index (Phi) is 10.9. The largest absolute Gasteiger partial charge is 0.496 e. The Morgan fingerprint density at radius 1 is 0.978 bits per heavy atom. The summed E-state index contributed by atoms with van der Waals surface area (Å²) in [5.41, 5.74) is 5.57. The number of para-hydroxylation sites is 1. The number of piperazine rings is 1. The van der Waals surface area contributed by atoms with Crippen LogP contribution in [0.2, 0.25) is 0 Å². The number of hydrogen-bond donors (Lipinski definition) is 1. The number of fused-ring (bicyclic) bond motifs is 2. The van der Waals surface area contributed by atoms with E-state index in [1.54, 1.807) is 14.0 Å². The molecule has 3 aromatic carbocycles. The third kappa shape index (κ3) is 8.12. The van der Waals surface area contributed by atoms with E-state index in [4.69, 9.17) is 14.2 Å². The van der Waals surface area contributed by atoms with Crippen LogP contribution in [0.15, 0.2) is 84.4 Å². The molecular formula is C37H45N3O5. The van der Waals surface area contributed by atoms with Crippen LogP contribution in [-0.4, -0.2) is 80.7 Å². The van der Waals surface area contributed by atoms with Gasteiger partial charge in [-0.3, -0.25) is 9.59 Å². The lowest BCUT2D eigenvalue weighted by molar-refractivity contribution is -0.132. The van der Waals surface area contributed by atoms with E-state index in [-0.39, 0.29) is 29.8 Å². The number of ether oxygens (including phenoxy) is 3. The molecule has 2 aliphatic rings. The van der Waals surface area contributed by atoms with Crippen molar-refractivity contribution < 1.29 is 23.8 Å². The predicted octanol–water partition coefficient (Wildman–Crippen LogP) is 5.29. The summed E-state index contributed by atoms with van der Waals surface area (Å²) in [6, 6.07) is 26.2. The molecule has 3 atom stereocenters. The minimum atomic E-state index is -0.243. The summed E-state index contributed by atoms with van der Waals surface area (Å²) in [4.78, 5) is 29.6. The fraction of sp³-hybridized carbons (Fsp3) is 0.405. The van der Waals surface area contributed by atoms with E-state index in [9.17, 15) is 9.59 Å². The molecule has 8 heteroatoms. The van der Waals surface area contributed by atoms with E-state index in [0.717, 1.165) is 46.6 Å². The molecule has 5 rings (SSSR count). The summed E-state index contributed by atoms with van der Waals surface area (Å²) in [6.07, 6.45) is 1.56. The average molecular weight is 612 g/mol. The van der Waals surface area contributed by atoms with Gasteiger partial charge in [0, 0.05) is 57.7 Å². The molecule has 2 bridgehead atoms. The zero-order valence-corrected chi connectivity index (χ0v) is 26.8. The number of amides is 2. The van der Waals surface area contributed by atoms with Gasteiger partial charge in [-0.1, -0.05) is 60.7 Å². The fourth-order valence-electron chi connectivity index (χ4n) is 6.29. The first-order valence-electron chi connectivity index (χ1n) is 15.8. The Labute approximate surface area is 267 Å². The summed E-state index contributed by atoms with van der Waals surface area (Å²) in [5.74, 6) is 1.56. The summed E-state index contributed by atoms with van der Waals surface area (Å²) in [7, 11) is 3.54. The molecule has 238 valence electrons. The quantitative estimate of drug-likeness (QED) is 0.265. The lowest BCUT2D eigenvalue weighted by Crippen LogP contribution is -2.61. The first-order valence-corrected chi connectivity index (χ1v) is 15.8. The number of rotatable bonds is 13. The molecule has 0 spiro atoms. The lowest BCUT2D eigenvalue weighted by atomic mass is 9.83. The average Bonchev–Trinajstić information content (AvgIpc) is 3.07. The monoisotopic (exact) mass is 611 g/mol. The van der Waals surface area contributed by atoms with Crippen LogP contribution in [0.25, 0.3) is 5.57 Å². The summed E-state index contributed by atoms with van der Waals surface area (Å²) >= 11 is 0. The SMILES string of the molecule is COc1ccccc1COCCCOc1ccc(C2=C(CN(C)C(=O)[C@@H](C)c3ccccc3)[C@H]3CN(C(C)=O)C[C@@H](C2)N3)cc1. The molecule has 0 unspecified atom stereocenters. The number of nitrogens with zero attached hydrogens (tertiary/aromatic N) is 2. The van der Waals surface area contributed by atoms with Gasteiger partial charge >= 0.3 is 0 Å². The van der Waals surface area contributed by atoms with Crippen LogP contribution >= 0.6 is 0 Å². The van der Waals surface area contributed by atoms with Crippen LogP contribution in [0, 0.1) is 0 Å². The molecule has 1 fully saturated rings. The maximum absolute atomic E-state index is 13.5. The first-order chi connectivity index (χ1) is 21.8. The number of likely N-dealkylation sites (N-methyl/N-ethyl adjacent to an activating group) is 1. The van der Waals surface area contributed by atoms with Gasteiger partial charge in [0.2, 0.25) is 11.8 Å². The molecule has 0 aromatic heterocycles. The van der Waals surface area contributed by atoms with Crippen molar-refractivity contribution in [2.24, 2.45) is 0 Å². The highest BCUT2D eigenvalue weighted by atomic mass is 16.5. The molecule has 1 N–H and O–H groups in total. The van der Waals surface area contributed by atoms with Crippen LogP contribution in [0.5, 0.6) is 11.5 Å². The van der Waals surface area contributed by atoms with Gasteiger partial charge in [0.05, 0.1) is 32.8 Å². The Morgan fingerprint density at radius 3 is 2.44 bits per heavy atom. The molecule has 2 aliphatic heterocycles. The number of nitrogens with one attached hydrogen (secondary N) is 1. The predicted molar refractivity (Wildman–Crippen MR) is 176 cm³/mol. The van der Waals surface area contributed by atoms with Crippen LogP contribution in [-0.2, 0) is 20.9 Å². The van der Waals surface area contributed by atoms with Crippen molar-refractivity contribution in [1.82, 2.24) is 15.1 Å². The number of carbonyl (C=O) groups is 2. The second kappa shape index (κ2) is 15.2. The van der Waals surface area contributed by atoms with Crippen LogP contribution < -0.4 is 14.8 Å². The summed E-state index contributed by atoms with van der Waals surface area (Å²) in [5, 5.41) is 3.73. The zero-order chi connectivity index (χ0) is 31.8. The van der Waals surface area contributed by atoms with Crippen LogP contribution in [0.3, 0.4) is 0 Å². The zero-order valence-electron chi connectivity index (χ0n) is 26.8. The Bertz CT molecular complexity index is 1470. The van der Waals surface area contributed by atoms with Gasteiger partial charge in [0.25, 0.3) is 0 Å². The van der Waals surface area contributed by atoms with E-state index in [1.807, 2.05) is 90.5 Å². The van der Waals surface area contributed by atoms with Crippen LogP contribution in [0.1, 0.15) is 49.3 Å². The molecule has 0 saturated carbocycles. The van der Waals surface area contributed by atoms with Crippen molar-refractivity contribution in [3.8, 4) is 11.5 Å². The highest BCUT2D eigenvalue weighted by molar-refractivity contribution is 5.84. The fourth-order valence-corrected chi connectivity index (χ4v) is 6.29. The van der Waals surface area contributed by atoms with Crippen LogP contribution in [0.4, 0.5) is 0 Å². The van der Waals surface area contributed by atoms with Crippen molar-refractivity contribution in [2.45, 2.75) is 51.3 Å². The summed E-state index contributed by atoms with van der Waals surface area (Å²) < 4.78 is 17.2. The molecular weight excluding hydrogens is 566 g/mol. The standard InChI is InChI=1S/C37H45N3O5/c1-26(28-11-6-5-7-12-28)37(42)39(3)23-34-33(21-31-22-40(27(2)41)24-35(34)38-31)29-15-17-32(18-16-29)45-20-10-19-44-25-30-13-8-9-14-36(30)43-4/h5-9,11-18,26,31,35,38H,10,19-25H2,1-4H3/t26-,31+,35+/m0/s1. The second-order valence-electron chi connectivity index (χ2n) is 12.0. The molecule has 2 amide bonds. The lowest BCUT2D eigenvalue weighted by Gasteiger charge is -2.45. The van der Waals surface area contributed by atoms with Crippen molar-refractivity contribution in [3.05, 3.63) is 101 Å². The van der Waals surface area contributed by atoms with Crippen molar-refractivity contribution in [2.75, 3.05) is 47.0 Å². The number of benzene rings is 3. The van der Waals surface area contributed by atoms with Gasteiger partial charge in [-0.25, -0.2) is 0 Å². The Morgan fingerprint density at radius 2 is 1.71 bits per heavy atom.